The van der Waals surface area contributed by atoms with Crippen molar-refractivity contribution >= 4 is 5.57 Å². The van der Waals surface area contributed by atoms with Gasteiger partial charge in [-0.2, -0.15) is 10.2 Å². The highest BCUT2D eigenvalue weighted by molar-refractivity contribution is 5.79. The minimum absolute atomic E-state index is 0.0788. The Bertz CT molecular complexity index is 1200. The molecule has 1 saturated heterocycles. The van der Waals surface area contributed by atoms with Gasteiger partial charge in [-0.15, -0.1) is 0 Å². The molecule has 172 valence electrons. The number of nitrogens with one attached hydrogen (secondary N) is 1. The molecule has 1 aromatic carbocycles. The summed E-state index contributed by atoms with van der Waals surface area (Å²) in [7, 11) is 2.96. The minimum Gasteiger partial charge on any atom is -0.494 e. The number of hydrogen-bond donors (Lipinski definition) is 1. The summed E-state index contributed by atoms with van der Waals surface area (Å²) in [5.41, 5.74) is 1.54. The number of nitriles is 1. The summed E-state index contributed by atoms with van der Waals surface area (Å²) in [5.74, 6) is -0.168. The lowest BCUT2D eigenvalue weighted by atomic mass is 10.00. The van der Waals surface area contributed by atoms with Crippen LogP contribution in [0.5, 0.6) is 11.8 Å². The molecule has 1 aliphatic heterocycles. The Morgan fingerprint density at radius 3 is 2.85 bits per heavy atom. The van der Waals surface area contributed by atoms with E-state index in [1.807, 2.05) is 6.07 Å². The molecule has 0 radical (unpaired) electrons. The Kier molecular flexibility index (Phi) is 7.80. The molecule has 0 bridgehead atoms. The van der Waals surface area contributed by atoms with Crippen LogP contribution in [-0.2, 0) is 7.05 Å². The van der Waals surface area contributed by atoms with Crippen molar-refractivity contribution < 1.29 is 13.9 Å². The van der Waals surface area contributed by atoms with Gasteiger partial charge in [-0.05, 0) is 49.2 Å². The van der Waals surface area contributed by atoms with Crippen molar-refractivity contribution in [1.29, 1.82) is 5.26 Å². The Morgan fingerprint density at radius 1 is 1.45 bits per heavy atom. The number of benzene rings is 1. The maximum atomic E-state index is 14.5. The third-order valence-corrected chi connectivity index (χ3v) is 5.54. The molecule has 0 saturated carbocycles. The lowest BCUT2D eigenvalue weighted by molar-refractivity contribution is 0.230. The predicted molar refractivity (Wildman–Crippen MR) is 125 cm³/mol. The number of rotatable bonds is 8. The van der Waals surface area contributed by atoms with E-state index in [1.54, 1.807) is 32.2 Å². The molecule has 2 aromatic rings. The number of hydrogen-bond acceptors (Lipinski definition) is 6. The molecule has 8 heteroatoms. The number of methoxy groups -OCH3 is 1. The van der Waals surface area contributed by atoms with Gasteiger partial charge in [0, 0.05) is 19.5 Å². The fraction of sp³-hybridized carbons (Fsp3) is 0.320. The standard InChI is InChI=1S/C25H27FN4O3/c1-5-17(13-27)7-6-16(2)23-22(19-8-9-21(32-4)20(26)12-19)24(31)30(3)25(29-23)33-15-18-10-11-28-14-18/h5-9,12,18,28H,1,10-11,14-15H2,2-4H3/b16-6+,17-7+. The maximum Gasteiger partial charge on any atom is 0.299 e. The van der Waals surface area contributed by atoms with Gasteiger partial charge in [-0.25, -0.2) is 4.39 Å². The summed E-state index contributed by atoms with van der Waals surface area (Å²) in [5, 5.41) is 12.4. The van der Waals surface area contributed by atoms with Crippen LogP contribution in [0.25, 0.3) is 16.7 Å². The van der Waals surface area contributed by atoms with Gasteiger partial charge in [0.05, 0.1) is 36.6 Å². The molecule has 33 heavy (non-hydrogen) atoms. The smallest absolute Gasteiger partial charge is 0.299 e. The predicted octanol–water partition coefficient (Wildman–Crippen LogP) is 3.62. The van der Waals surface area contributed by atoms with Crippen LogP contribution < -0.4 is 20.3 Å². The van der Waals surface area contributed by atoms with Crippen molar-refractivity contribution in [2.75, 3.05) is 26.8 Å². The van der Waals surface area contributed by atoms with E-state index in [4.69, 9.17) is 14.7 Å². The van der Waals surface area contributed by atoms with Crippen molar-refractivity contribution in [3.05, 3.63) is 70.4 Å². The van der Waals surface area contributed by atoms with Crippen molar-refractivity contribution in [3.8, 4) is 29.0 Å². The second kappa shape index (κ2) is 10.7. The van der Waals surface area contributed by atoms with Crippen LogP contribution in [0.15, 0.2) is 53.4 Å². The average molecular weight is 451 g/mol. The highest BCUT2D eigenvalue weighted by atomic mass is 19.1. The highest BCUT2D eigenvalue weighted by Gasteiger charge is 2.21. The second-order valence-corrected chi connectivity index (χ2v) is 7.79. The number of nitrogens with zero attached hydrogens (tertiary/aromatic N) is 3. The van der Waals surface area contributed by atoms with Crippen molar-refractivity contribution in [2.24, 2.45) is 13.0 Å². The van der Waals surface area contributed by atoms with Gasteiger partial charge in [0.15, 0.2) is 11.6 Å². The molecular weight excluding hydrogens is 423 g/mol. The van der Waals surface area contributed by atoms with Crippen molar-refractivity contribution in [2.45, 2.75) is 13.3 Å². The van der Waals surface area contributed by atoms with E-state index in [-0.39, 0.29) is 22.9 Å². The molecular formula is C25H27FN4O3. The summed E-state index contributed by atoms with van der Waals surface area (Å²) >= 11 is 0. The molecule has 7 nitrogen and oxygen atoms in total. The molecule has 1 atom stereocenters. The Morgan fingerprint density at radius 2 is 2.24 bits per heavy atom. The molecule has 2 heterocycles. The highest BCUT2D eigenvalue weighted by Crippen LogP contribution is 2.29. The van der Waals surface area contributed by atoms with E-state index in [9.17, 15) is 9.18 Å². The summed E-state index contributed by atoms with van der Waals surface area (Å²) < 4.78 is 26.7. The zero-order valence-corrected chi connectivity index (χ0v) is 19.0. The van der Waals surface area contributed by atoms with E-state index in [0.717, 1.165) is 19.5 Å². The van der Waals surface area contributed by atoms with E-state index < -0.39 is 5.82 Å². The molecule has 1 N–H and O–H groups in total. The zero-order chi connectivity index (χ0) is 24.0. The number of ether oxygens (including phenoxy) is 2. The maximum absolute atomic E-state index is 14.5. The Balaban J connectivity index is 2.14. The minimum atomic E-state index is -0.586. The van der Waals surface area contributed by atoms with Crippen LogP contribution in [0.1, 0.15) is 19.0 Å². The molecule has 0 amide bonds. The first-order chi connectivity index (χ1) is 15.9. The van der Waals surface area contributed by atoms with Gasteiger partial charge in [-0.1, -0.05) is 24.8 Å². The Hall–Kier alpha value is -3.70. The van der Waals surface area contributed by atoms with Crippen molar-refractivity contribution in [3.63, 3.8) is 0 Å². The summed E-state index contributed by atoms with van der Waals surface area (Å²) in [6.07, 6.45) is 5.69. The summed E-state index contributed by atoms with van der Waals surface area (Å²) in [4.78, 5) is 18.0. The average Bonchev–Trinajstić information content (AvgIpc) is 3.34. The molecule has 1 unspecified atom stereocenters. The first kappa shape index (κ1) is 24.0. The molecule has 0 spiro atoms. The van der Waals surface area contributed by atoms with Crippen LogP contribution in [0.3, 0.4) is 0 Å². The lowest BCUT2D eigenvalue weighted by Crippen LogP contribution is -2.26. The number of halogens is 1. The molecule has 1 aromatic heterocycles. The molecule has 0 aliphatic carbocycles. The first-order valence-electron chi connectivity index (χ1n) is 10.6. The topological polar surface area (TPSA) is 89.2 Å². The normalized spacial score (nSPS) is 16.4. The largest absolute Gasteiger partial charge is 0.494 e. The summed E-state index contributed by atoms with van der Waals surface area (Å²) in [6.45, 7) is 7.60. The van der Waals surface area contributed by atoms with Crippen LogP contribution in [-0.4, -0.2) is 36.4 Å². The quantitative estimate of drug-likeness (QED) is 0.488. The van der Waals surface area contributed by atoms with Crippen LogP contribution in [0.2, 0.25) is 0 Å². The first-order valence-corrected chi connectivity index (χ1v) is 10.6. The molecule has 1 aliphatic rings. The van der Waals surface area contributed by atoms with Crippen LogP contribution in [0, 0.1) is 23.1 Å². The fourth-order valence-electron chi connectivity index (χ4n) is 3.57. The third-order valence-electron chi connectivity index (χ3n) is 5.54. The monoisotopic (exact) mass is 450 g/mol. The Labute approximate surface area is 192 Å². The van der Waals surface area contributed by atoms with Gasteiger partial charge in [0.1, 0.15) is 0 Å². The van der Waals surface area contributed by atoms with Gasteiger partial charge in [0.2, 0.25) is 0 Å². The molecule has 1 fully saturated rings. The van der Waals surface area contributed by atoms with E-state index in [0.29, 0.717) is 34.9 Å². The van der Waals surface area contributed by atoms with Crippen LogP contribution in [0.4, 0.5) is 4.39 Å². The fourth-order valence-corrected chi connectivity index (χ4v) is 3.57. The van der Waals surface area contributed by atoms with E-state index >= 15 is 0 Å². The van der Waals surface area contributed by atoms with Crippen LogP contribution >= 0.6 is 0 Å². The SMILES string of the molecule is C=C/C(C#N)=C\C=C(/C)c1nc(OCC2CCNC2)n(C)c(=O)c1-c1ccc(OC)c(F)c1. The number of allylic oxidation sites excluding steroid dienone is 5. The number of aromatic nitrogens is 2. The molecule has 3 rings (SSSR count). The third kappa shape index (κ3) is 5.38. The van der Waals surface area contributed by atoms with Gasteiger partial charge < -0.3 is 14.8 Å². The lowest BCUT2D eigenvalue weighted by Gasteiger charge is -2.17. The van der Waals surface area contributed by atoms with Gasteiger partial charge in [0.25, 0.3) is 11.6 Å². The van der Waals surface area contributed by atoms with E-state index in [2.05, 4.69) is 16.9 Å². The zero-order valence-electron chi connectivity index (χ0n) is 19.0. The van der Waals surface area contributed by atoms with E-state index in [1.165, 1.54) is 29.9 Å². The van der Waals surface area contributed by atoms with Crippen molar-refractivity contribution in [1.82, 2.24) is 14.9 Å². The van der Waals surface area contributed by atoms with Gasteiger partial charge >= 0.3 is 0 Å². The van der Waals surface area contributed by atoms with Gasteiger partial charge in [-0.3, -0.25) is 9.36 Å². The summed E-state index contributed by atoms with van der Waals surface area (Å²) in [6, 6.07) is 6.54. The second-order valence-electron chi connectivity index (χ2n) is 7.79.